The minimum Gasteiger partial charge on any atom is -0.451 e. The molecule has 94 valence electrons. The SMILES string of the molecule is CC(C)CNC(=O)COC(=O)c1cccn1C. The molecule has 0 unspecified atom stereocenters. The lowest BCUT2D eigenvalue weighted by Gasteiger charge is -2.08. The average molecular weight is 238 g/mol. The fraction of sp³-hybridized carbons (Fsp3) is 0.500. The van der Waals surface area contributed by atoms with Gasteiger partial charge in [-0.25, -0.2) is 4.79 Å². The molecule has 1 rings (SSSR count). The Bertz CT molecular complexity index is 396. The lowest BCUT2D eigenvalue weighted by molar-refractivity contribution is -0.124. The number of esters is 1. The molecule has 0 aliphatic rings. The maximum absolute atomic E-state index is 11.5. The molecule has 1 N–H and O–H groups in total. The number of ether oxygens (including phenoxy) is 1. The van der Waals surface area contributed by atoms with E-state index in [2.05, 4.69) is 5.32 Å². The van der Waals surface area contributed by atoms with Crippen molar-refractivity contribution < 1.29 is 14.3 Å². The number of aromatic nitrogens is 1. The van der Waals surface area contributed by atoms with Crippen LogP contribution in [0.2, 0.25) is 0 Å². The van der Waals surface area contributed by atoms with Crippen LogP contribution in [0.3, 0.4) is 0 Å². The Labute approximate surface area is 101 Å². The third-order valence-electron chi connectivity index (χ3n) is 2.19. The van der Waals surface area contributed by atoms with Gasteiger partial charge < -0.3 is 14.6 Å². The van der Waals surface area contributed by atoms with E-state index in [-0.39, 0.29) is 12.5 Å². The largest absolute Gasteiger partial charge is 0.451 e. The van der Waals surface area contributed by atoms with E-state index in [0.717, 1.165) is 0 Å². The number of carbonyl (C=O) groups excluding carboxylic acids is 2. The molecular weight excluding hydrogens is 220 g/mol. The third-order valence-corrected chi connectivity index (χ3v) is 2.19. The van der Waals surface area contributed by atoms with Gasteiger partial charge in [-0.3, -0.25) is 4.79 Å². The first-order valence-corrected chi connectivity index (χ1v) is 5.56. The van der Waals surface area contributed by atoms with Crippen molar-refractivity contribution in [2.75, 3.05) is 13.2 Å². The summed E-state index contributed by atoms with van der Waals surface area (Å²) in [7, 11) is 1.75. The van der Waals surface area contributed by atoms with Crippen molar-refractivity contribution in [3.05, 3.63) is 24.0 Å². The molecule has 0 radical (unpaired) electrons. The molecule has 1 aromatic heterocycles. The van der Waals surface area contributed by atoms with Crippen molar-refractivity contribution in [2.45, 2.75) is 13.8 Å². The van der Waals surface area contributed by atoms with Gasteiger partial charge in [0, 0.05) is 19.8 Å². The van der Waals surface area contributed by atoms with E-state index in [9.17, 15) is 9.59 Å². The molecule has 5 nitrogen and oxygen atoms in total. The molecular formula is C12H18N2O3. The zero-order valence-electron chi connectivity index (χ0n) is 10.4. The summed E-state index contributed by atoms with van der Waals surface area (Å²) in [5.41, 5.74) is 0.432. The molecule has 0 atom stereocenters. The summed E-state index contributed by atoms with van der Waals surface area (Å²) in [5.74, 6) is -0.388. The molecule has 0 spiro atoms. The predicted octanol–water partition coefficient (Wildman–Crippen LogP) is 0.954. The fourth-order valence-electron chi connectivity index (χ4n) is 1.25. The van der Waals surface area contributed by atoms with Crippen LogP contribution in [0.4, 0.5) is 0 Å². The summed E-state index contributed by atoms with van der Waals surface area (Å²) in [6.07, 6.45) is 1.75. The Morgan fingerprint density at radius 2 is 2.18 bits per heavy atom. The molecule has 0 saturated carbocycles. The van der Waals surface area contributed by atoms with Crippen LogP contribution in [0.25, 0.3) is 0 Å². The topological polar surface area (TPSA) is 60.3 Å². The summed E-state index contributed by atoms with van der Waals surface area (Å²) in [6.45, 7) is 4.34. The highest BCUT2D eigenvalue weighted by Crippen LogP contribution is 2.01. The molecule has 0 aliphatic carbocycles. The van der Waals surface area contributed by atoms with Crippen molar-refractivity contribution in [1.29, 1.82) is 0 Å². The maximum Gasteiger partial charge on any atom is 0.355 e. The summed E-state index contributed by atoms with van der Waals surface area (Å²) in [6, 6.07) is 3.39. The summed E-state index contributed by atoms with van der Waals surface area (Å²) in [4.78, 5) is 22.9. The fourth-order valence-corrected chi connectivity index (χ4v) is 1.25. The van der Waals surface area contributed by atoms with E-state index < -0.39 is 5.97 Å². The van der Waals surface area contributed by atoms with E-state index in [0.29, 0.717) is 18.2 Å². The number of amides is 1. The van der Waals surface area contributed by atoms with Crippen LogP contribution in [-0.4, -0.2) is 29.6 Å². The zero-order chi connectivity index (χ0) is 12.8. The first-order valence-electron chi connectivity index (χ1n) is 5.56. The van der Waals surface area contributed by atoms with Gasteiger partial charge in [0.25, 0.3) is 5.91 Å². The van der Waals surface area contributed by atoms with Crippen LogP contribution < -0.4 is 5.32 Å². The van der Waals surface area contributed by atoms with Crippen molar-refractivity contribution in [3.63, 3.8) is 0 Å². The quantitative estimate of drug-likeness (QED) is 0.777. The first-order chi connectivity index (χ1) is 8.00. The molecule has 1 amide bonds. The number of hydrogen-bond donors (Lipinski definition) is 1. The molecule has 17 heavy (non-hydrogen) atoms. The third kappa shape index (κ3) is 4.30. The summed E-state index contributed by atoms with van der Waals surface area (Å²) in [5, 5.41) is 2.67. The second kappa shape index (κ2) is 6.08. The van der Waals surface area contributed by atoms with Gasteiger partial charge in [0.2, 0.25) is 0 Å². The van der Waals surface area contributed by atoms with Crippen LogP contribution in [0.15, 0.2) is 18.3 Å². The molecule has 5 heteroatoms. The number of nitrogens with one attached hydrogen (secondary N) is 1. The number of carbonyl (C=O) groups is 2. The minimum atomic E-state index is -0.489. The van der Waals surface area contributed by atoms with Crippen LogP contribution in [0.1, 0.15) is 24.3 Å². The first kappa shape index (κ1) is 13.3. The predicted molar refractivity (Wildman–Crippen MR) is 63.5 cm³/mol. The van der Waals surface area contributed by atoms with Gasteiger partial charge in [-0.2, -0.15) is 0 Å². The van der Waals surface area contributed by atoms with Gasteiger partial charge in [0.05, 0.1) is 0 Å². The van der Waals surface area contributed by atoms with Crippen molar-refractivity contribution >= 4 is 11.9 Å². The Morgan fingerprint density at radius 3 is 2.71 bits per heavy atom. The van der Waals surface area contributed by atoms with Crippen molar-refractivity contribution in [2.24, 2.45) is 13.0 Å². The van der Waals surface area contributed by atoms with Gasteiger partial charge >= 0.3 is 5.97 Å². The highest BCUT2D eigenvalue weighted by molar-refractivity contribution is 5.89. The number of aryl methyl sites for hydroxylation is 1. The Hall–Kier alpha value is -1.78. The number of nitrogens with zero attached hydrogens (tertiary/aromatic N) is 1. The molecule has 0 bridgehead atoms. The molecule has 0 saturated heterocycles. The van der Waals surface area contributed by atoms with E-state index in [1.54, 1.807) is 29.9 Å². The van der Waals surface area contributed by atoms with E-state index in [1.807, 2.05) is 13.8 Å². The molecule has 1 aromatic rings. The van der Waals surface area contributed by atoms with Crippen molar-refractivity contribution in [3.8, 4) is 0 Å². The second-order valence-corrected chi connectivity index (χ2v) is 4.28. The number of rotatable bonds is 5. The molecule has 0 fully saturated rings. The lowest BCUT2D eigenvalue weighted by atomic mass is 10.2. The highest BCUT2D eigenvalue weighted by Gasteiger charge is 2.12. The maximum atomic E-state index is 11.5. The normalized spacial score (nSPS) is 10.4. The standard InChI is InChI=1S/C12H18N2O3/c1-9(2)7-13-11(15)8-17-12(16)10-5-4-6-14(10)3/h4-6,9H,7-8H2,1-3H3,(H,13,15). The van der Waals surface area contributed by atoms with Crippen LogP contribution in [0.5, 0.6) is 0 Å². The average Bonchev–Trinajstić information content (AvgIpc) is 2.69. The zero-order valence-corrected chi connectivity index (χ0v) is 10.4. The van der Waals surface area contributed by atoms with Gasteiger partial charge in [-0.1, -0.05) is 13.8 Å². The van der Waals surface area contributed by atoms with Gasteiger partial charge in [0.1, 0.15) is 5.69 Å². The molecule has 0 aromatic carbocycles. The monoisotopic (exact) mass is 238 g/mol. The second-order valence-electron chi connectivity index (χ2n) is 4.28. The van der Waals surface area contributed by atoms with Gasteiger partial charge in [0.15, 0.2) is 6.61 Å². The van der Waals surface area contributed by atoms with Crippen LogP contribution in [0, 0.1) is 5.92 Å². The Kier molecular flexibility index (Phi) is 4.75. The summed E-state index contributed by atoms with van der Waals surface area (Å²) >= 11 is 0. The van der Waals surface area contributed by atoms with E-state index in [4.69, 9.17) is 4.74 Å². The van der Waals surface area contributed by atoms with Crippen molar-refractivity contribution in [1.82, 2.24) is 9.88 Å². The van der Waals surface area contributed by atoms with Gasteiger partial charge in [-0.05, 0) is 18.1 Å². The van der Waals surface area contributed by atoms with Crippen LogP contribution in [-0.2, 0) is 16.6 Å². The Morgan fingerprint density at radius 1 is 1.47 bits per heavy atom. The minimum absolute atomic E-state index is 0.239. The van der Waals surface area contributed by atoms with E-state index >= 15 is 0 Å². The Balaban J connectivity index is 2.34. The lowest BCUT2D eigenvalue weighted by Crippen LogP contribution is -2.31. The summed E-state index contributed by atoms with van der Waals surface area (Å²) < 4.78 is 6.54. The van der Waals surface area contributed by atoms with Crippen LogP contribution >= 0.6 is 0 Å². The van der Waals surface area contributed by atoms with E-state index in [1.165, 1.54) is 0 Å². The smallest absolute Gasteiger partial charge is 0.355 e. The highest BCUT2D eigenvalue weighted by atomic mass is 16.5. The number of hydrogen-bond acceptors (Lipinski definition) is 3. The van der Waals surface area contributed by atoms with Gasteiger partial charge in [-0.15, -0.1) is 0 Å². The molecule has 1 heterocycles. The molecule has 0 aliphatic heterocycles.